The number of aromatic nitrogens is 4. The van der Waals surface area contributed by atoms with Crippen molar-refractivity contribution in [3.63, 3.8) is 0 Å². The maximum Gasteiger partial charge on any atom is 0.259 e. The minimum absolute atomic E-state index is 0.135. The fourth-order valence-electron chi connectivity index (χ4n) is 1.91. The van der Waals surface area contributed by atoms with Crippen molar-refractivity contribution >= 4 is 55.7 Å². The lowest BCUT2D eigenvalue weighted by Crippen LogP contribution is -2.15. The molecule has 23 heavy (non-hydrogen) atoms. The Morgan fingerprint density at radius 2 is 2.17 bits per heavy atom. The molecule has 0 atom stereocenters. The number of thioether (sulfide) groups is 1. The van der Waals surface area contributed by atoms with Crippen LogP contribution in [0.1, 0.15) is 15.7 Å². The molecular formula is C13H13N5O2S3. The van der Waals surface area contributed by atoms with Crippen LogP contribution in [0.5, 0.6) is 0 Å². The van der Waals surface area contributed by atoms with Crippen LogP contribution >= 0.6 is 34.4 Å². The summed E-state index contributed by atoms with van der Waals surface area (Å²) in [5, 5.41) is 12.3. The lowest BCUT2D eigenvalue weighted by molar-refractivity contribution is -0.113. The van der Waals surface area contributed by atoms with E-state index in [9.17, 15) is 9.59 Å². The summed E-state index contributed by atoms with van der Waals surface area (Å²) in [7, 11) is 0. The zero-order chi connectivity index (χ0) is 16.4. The first kappa shape index (κ1) is 16.1. The number of hydrogen-bond donors (Lipinski definition) is 2. The highest BCUT2D eigenvalue weighted by molar-refractivity contribution is 7.99. The number of hydrogen-bond acceptors (Lipinski definition) is 8. The van der Waals surface area contributed by atoms with Gasteiger partial charge in [0.2, 0.25) is 11.0 Å². The van der Waals surface area contributed by atoms with Crippen molar-refractivity contribution in [1.82, 2.24) is 20.2 Å². The molecule has 0 aliphatic heterocycles. The number of amides is 1. The van der Waals surface area contributed by atoms with Gasteiger partial charge < -0.3 is 4.98 Å². The minimum atomic E-state index is -0.151. The smallest absolute Gasteiger partial charge is 0.259 e. The first-order valence-corrected chi connectivity index (χ1v) is 9.47. The highest BCUT2D eigenvalue weighted by Crippen LogP contribution is 2.21. The second-order valence-corrected chi connectivity index (χ2v) is 8.16. The van der Waals surface area contributed by atoms with E-state index >= 15 is 0 Å². The molecule has 0 saturated carbocycles. The number of rotatable bonds is 5. The molecule has 3 aromatic rings. The van der Waals surface area contributed by atoms with E-state index in [1.807, 2.05) is 19.9 Å². The van der Waals surface area contributed by atoms with Crippen LogP contribution in [0, 0.1) is 13.8 Å². The van der Waals surface area contributed by atoms with Crippen LogP contribution in [0.3, 0.4) is 0 Å². The van der Waals surface area contributed by atoms with Crippen molar-refractivity contribution in [3.05, 3.63) is 32.1 Å². The fourth-order valence-corrected chi connectivity index (χ4v) is 4.10. The molecule has 0 aromatic carbocycles. The zero-order valence-electron chi connectivity index (χ0n) is 12.4. The van der Waals surface area contributed by atoms with Crippen molar-refractivity contribution in [2.45, 2.75) is 19.6 Å². The summed E-state index contributed by atoms with van der Waals surface area (Å²) in [6, 6.07) is 1.83. The maximum absolute atomic E-state index is 12.0. The molecule has 1 amide bonds. The van der Waals surface area contributed by atoms with Gasteiger partial charge in [-0.1, -0.05) is 11.3 Å². The molecule has 3 heterocycles. The zero-order valence-corrected chi connectivity index (χ0v) is 14.8. The van der Waals surface area contributed by atoms with Gasteiger partial charge >= 0.3 is 0 Å². The minimum Gasteiger partial charge on any atom is -0.309 e. The van der Waals surface area contributed by atoms with Crippen molar-refractivity contribution in [3.8, 4) is 0 Å². The van der Waals surface area contributed by atoms with Gasteiger partial charge in [-0.3, -0.25) is 14.9 Å². The molecule has 3 rings (SSSR count). The summed E-state index contributed by atoms with van der Waals surface area (Å²) in [6.07, 6.45) is 0. The van der Waals surface area contributed by atoms with Gasteiger partial charge in [0.1, 0.15) is 15.7 Å². The number of anilines is 1. The molecule has 7 nitrogen and oxygen atoms in total. The van der Waals surface area contributed by atoms with Gasteiger partial charge in [-0.25, -0.2) is 4.98 Å². The lowest BCUT2D eigenvalue weighted by Gasteiger charge is -2.02. The van der Waals surface area contributed by atoms with Crippen LogP contribution in [-0.2, 0) is 10.5 Å². The summed E-state index contributed by atoms with van der Waals surface area (Å²) >= 11 is 4.20. The van der Waals surface area contributed by atoms with E-state index in [0.29, 0.717) is 22.1 Å². The Balaban J connectivity index is 1.58. The van der Waals surface area contributed by atoms with Crippen LogP contribution in [0.15, 0.2) is 10.9 Å². The molecule has 0 spiro atoms. The van der Waals surface area contributed by atoms with Crippen molar-refractivity contribution in [1.29, 1.82) is 0 Å². The first-order chi connectivity index (χ1) is 11.0. The second-order valence-electron chi connectivity index (χ2n) is 4.76. The fraction of sp³-hybridized carbons (Fsp3) is 0.308. The number of carbonyl (C=O) groups is 1. The molecule has 3 aromatic heterocycles. The standard InChI is InChI=1S/C13H13N5O2S3/c1-6-3-8-11(20)14-9(15-12(8)22-6)4-21-5-10(19)16-13-18-17-7(2)23-13/h3H,4-5H2,1-2H3,(H,14,15,20)(H,16,18,19). The molecule has 0 radical (unpaired) electrons. The third-order valence-electron chi connectivity index (χ3n) is 2.82. The second kappa shape index (κ2) is 6.77. The summed E-state index contributed by atoms with van der Waals surface area (Å²) in [5.41, 5.74) is -0.135. The Morgan fingerprint density at radius 1 is 1.35 bits per heavy atom. The number of aryl methyl sites for hydroxylation is 2. The van der Waals surface area contributed by atoms with Gasteiger partial charge in [0.15, 0.2) is 0 Å². The summed E-state index contributed by atoms with van der Waals surface area (Å²) in [6.45, 7) is 3.77. The van der Waals surface area contributed by atoms with Crippen LogP contribution in [0.25, 0.3) is 10.2 Å². The van der Waals surface area contributed by atoms with Gasteiger partial charge in [0.05, 0.1) is 16.9 Å². The molecule has 2 N–H and O–H groups in total. The number of fused-ring (bicyclic) bond motifs is 1. The number of carbonyl (C=O) groups excluding carboxylic acids is 1. The van der Waals surface area contributed by atoms with Crippen LogP contribution < -0.4 is 10.9 Å². The quantitative estimate of drug-likeness (QED) is 0.718. The van der Waals surface area contributed by atoms with Gasteiger partial charge in [0.25, 0.3) is 5.56 Å². The van der Waals surface area contributed by atoms with Gasteiger partial charge in [-0.15, -0.1) is 33.3 Å². The van der Waals surface area contributed by atoms with E-state index in [-0.39, 0.29) is 17.2 Å². The normalized spacial score (nSPS) is 11.0. The van der Waals surface area contributed by atoms with Gasteiger partial charge in [0, 0.05) is 4.88 Å². The predicted octanol–water partition coefficient (Wildman–Crippen LogP) is 2.32. The largest absolute Gasteiger partial charge is 0.309 e. The van der Waals surface area contributed by atoms with Crippen molar-refractivity contribution < 1.29 is 4.79 Å². The molecule has 0 saturated heterocycles. The van der Waals surface area contributed by atoms with Crippen LogP contribution in [-0.4, -0.2) is 31.8 Å². The SMILES string of the molecule is Cc1cc2c(=O)[nH]c(CSCC(=O)Nc3nnc(C)s3)nc2s1. The monoisotopic (exact) mass is 367 g/mol. The number of aromatic amines is 1. The topological polar surface area (TPSA) is 101 Å². The number of nitrogens with zero attached hydrogens (tertiary/aromatic N) is 3. The van der Waals surface area contributed by atoms with E-state index in [2.05, 4.69) is 25.5 Å². The maximum atomic E-state index is 12.0. The van der Waals surface area contributed by atoms with Crippen molar-refractivity contribution in [2.24, 2.45) is 0 Å². The Hall–Kier alpha value is -1.78. The summed E-state index contributed by atoms with van der Waals surface area (Å²) in [4.78, 5) is 32.7. The molecule has 0 aliphatic rings. The van der Waals surface area contributed by atoms with E-state index < -0.39 is 0 Å². The van der Waals surface area contributed by atoms with Gasteiger partial charge in [-0.05, 0) is 19.9 Å². The van der Waals surface area contributed by atoms with E-state index in [4.69, 9.17) is 0 Å². The molecule has 0 unspecified atom stereocenters. The Bertz CT molecular complexity index is 914. The lowest BCUT2D eigenvalue weighted by atomic mass is 10.4. The van der Waals surface area contributed by atoms with E-state index in [0.717, 1.165) is 14.7 Å². The molecule has 0 aliphatic carbocycles. The molecule has 10 heteroatoms. The van der Waals surface area contributed by atoms with E-state index in [1.54, 1.807) is 0 Å². The first-order valence-electron chi connectivity index (χ1n) is 6.68. The van der Waals surface area contributed by atoms with Gasteiger partial charge in [-0.2, -0.15) is 0 Å². The van der Waals surface area contributed by atoms with Crippen LogP contribution in [0.4, 0.5) is 5.13 Å². The third-order valence-corrected chi connectivity index (χ3v) is 5.46. The predicted molar refractivity (Wildman–Crippen MR) is 94.4 cm³/mol. The Morgan fingerprint density at radius 3 is 2.91 bits per heavy atom. The van der Waals surface area contributed by atoms with Crippen molar-refractivity contribution in [2.75, 3.05) is 11.1 Å². The summed E-state index contributed by atoms with van der Waals surface area (Å²) < 4.78 is 0. The summed E-state index contributed by atoms with van der Waals surface area (Å²) in [5.74, 6) is 1.14. The Kier molecular flexibility index (Phi) is 4.74. The van der Waals surface area contributed by atoms with E-state index in [1.165, 1.54) is 34.4 Å². The molecule has 120 valence electrons. The number of nitrogens with one attached hydrogen (secondary N) is 2. The Labute approximate surface area is 143 Å². The molecular weight excluding hydrogens is 354 g/mol. The van der Waals surface area contributed by atoms with Crippen LogP contribution in [0.2, 0.25) is 0 Å². The third kappa shape index (κ3) is 3.95. The number of H-pyrrole nitrogens is 1. The average Bonchev–Trinajstić information content (AvgIpc) is 3.04. The number of thiophene rings is 1. The molecule has 0 bridgehead atoms. The average molecular weight is 367 g/mol. The highest BCUT2D eigenvalue weighted by atomic mass is 32.2. The molecule has 0 fully saturated rings. The highest BCUT2D eigenvalue weighted by Gasteiger charge is 2.09.